The molecule has 0 saturated heterocycles. The molecule has 0 fully saturated rings. The second-order valence-electron chi connectivity index (χ2n) is 7.06. The number of hydrogen-bond donors (Lipinski definition) is 0. The minimum Gasteiger partial charge on any atom is -0.218 e. The van der Waals surface area contributed by atoms with Crippen molar-refractivity contribution < 1.29 is 0 Å². The highest BCUT2D eigenvalue weighted by molar-refractivity contribution is 7.71. The number of benzene rings is 1. The molecule has 5 heteroatoms. The second kappa shape index (κ2) is 5.72. The minimum absolute atomic E-state index is 0.117. The van der Waals surface area contributed by atoms with Gasteiger partial charge in [0.1, 0.15) is 0 Å². The molecule has 2 aromatic rings. The third-order valence-corrected chi connectivity index (χ3v) is 3.75. The Morgan fingerprint density at radius 1 is 1.19 bits per heavy atom. The first kappa shape index (κ1) is 15.9. The van der Waals surface area contributed by atoms with E-state index in [4.69, 9.17) is 12.2 Å². The summed E-state index contributed by atoms with van der Waals surface area (Å²) < 4.78 is 4.26. The standard InChI is InChI=1S/C16H24N4S/c1-11(2)13-9-7-8-12(3)14(13)20-15(21)19(17-18-20)10-16(4,5)6/h7-9,11H,10H2,1-6H3. The molecule has 2 rings (SSSR count). The number of nitrogens with zero attached hydrogens (tertiary/aromatic N) is 4. The topological polar surface area (TPSA) is 35.6 Å². The van der Waals surface area contributed by atoms with Gasteiger partial charge < -0.3 is 0 Å². The Morgan fingerprint density at radius 3 is 2.43 bits per heavy atom. The Balaban J connectivity index is 2.57. The highest BCUT2D eigenvalue weighted by Crippen LogP contribution is 2.26. The Bertz CT molecular complexity index is 689. The summed E-state index contributed by atoms with van der Waals surface area (Å²) >= 11 is 5.58. The molecule has 0 aliphatic carbocycles. The zero-order chi connectivity index (χ0) is 15.8. The van der Waals surface area contributed by atoms with Gasteiger partial charge in [0.25, 0.3) is 0 Å². The van der Waals surface area contributed by atoms with Crippen LogP contribution in [0.3, 0.4) is 0 Å². The molecule has 1 aromatic carbocycles. The molecule has 0 bridgehead atoms. The van der Waals surface area contributed by atoms with Crippen molar-refractivity contribution in [2.75, 3.05) is 0 Å². The van der Waals surface area contributed by atoms with Crippen LogP contribution in [0.4, 0.5) is 0 Å². The van der Waals surface area contributed by atoms with Gasteiger partial charge in [-0.25, -0.2) is 4.68 Å². The lowest BCUT2D eigenvalue weighted by Crippen LogP contribution is -2.17. The molecule has 1 heterocycles. The quantitative estimate of drug-likeness (QED) is 0.794. The maximum Gasteiger partial charge on any atom is 0.220 e. The van der Waals surface area contributed by atoms with Crippen LogP contribution in [-0.4, -0.2) is 19.8 Å². The summed E-state index contributed by atoms with van der Waals surface area (Å²) in [4.78, 5) is 0. The van der Waals surface area contributed by atoms with E-state index in [9.17, 15) is 0 Å². The van der Waals surface area contributed by atoms with Crippen LogP contribution in [-0.2, 0) is 6.54 Å². The first-order valence-electron chi connectivity index (χ1n) is 7.33. The van der Waals surface area contributed by atoms with E-state index < -0.39 is 0 Å². The van der Waals surface area contributed by atoms with Crippen molar-refractivity contribution in [3.63, 3.8) is 0 Å². The normalized spacial score (nSPS) is 12.1. The van der Waals surface area contributed by atoms with Gasteiger partial charge in [0, 0.05) is 0 Å². The van der Waals surface area contributed by atoms with E-state index in [-0.39, 0.29) is 5.41 Å². The van der Waals surface area contributed by atoms with E-state index in [0.29, 0.717) is 10.7 Å². The molecule has 0 N–H and O–H groups in total. The smallest absolute Gasteiger partial charge is 0.218 e. The Morgan fingerprint density at radius 2 is 1.86 bits per heavy atom. The average molecular weight is 304 g/mol. The lowest BCUT2D eigenvalue weighted by atomic mass is 9.97. The van der Waals surface area contributed by atoms with Gasteiger partial charge >= 0.3 is 0 Å². The van der Waals surface area contributed by atoms with Crippen LogP contribution >= 0.6 is 12.2 Å². The van der Waals surface area contributed by atoms with Crippen molar-refractivity contribution in [1.82, 2.24) is 19.8 Å². The molecular formula is C16H24N4S. The molecule has 1 aromatic heterocycles. The van der Waals surface area contributed by atoms with E-state index in [1.807, 2.05) is 4.68 Å². The summed E-state index contributed by atoms with van der Waals surface area (Å²) in [6, 6.07) is 6.31. The molecule has 0 saturated carbocycles. The Hall–Kier alpha value is -1.49. The fourth-order valence-corrected chi connectivity index (χ4v) is 2.63. The molecule has 0 radical (unpaired) electrons. The SMILES string of the molecule is Cc1cccc(C(C)C)c1-n1nnn(CC(C)(C)C)c1=S. The van der Waals surface area contributed by atoms with Crippen LogP contribution < -0.4 is 0 Å². The van der Waals surface area contributed by atoms with Crippen molar-refractivity contribution in [3.05, 3.63) is 34.1 Å². The van der Waals surface area contributed by atoms with Gasteiger partial charge in [-0.1, -0.05) is 52.8 Å². The summed E-state index contributed by atoms with van der Waals surface area (Å²) in [7, 11) is 0. The third kappa shape index (κ3) is 3.40. The van der Waals surface area contributed by atoms with E-state index >= 15 is 0 Å². The zero-order valence-electron chi connectivity index (χ0n) is 13.7. The zero-order valence-corrected chi connectivity index (χ0v) is 14.5. The van der Waals surface area contributed by atoms with Crippen LogP contribution in [0.5, 0.6) is 0 Å². The van der Waals surface area contributed by atoms with Crippen molar-refractivity contribution in [3.8, 4) is 5.69 Å². The van der Waals surface area contributed by atoms with Gasteiger partial charge in [-0.05, 0) is 52.0 Å². The summed E-state index contributed by atoms with van der Waals surface area (Å²) in [5.74, 6) is 0.412. The van der Waals surface area contributed by atoms with Gasteiger partial charge in [-0.2, -0.15) is 4.68 Å². The monoisotopic (exact) mass is 304 g/mol. The van der Waals surface area contributed by atoms with Crippen LogP contribution in [0.15, 0.2) is 18.2 Å². The summed E-state index contributed by atoms with van der Waals surface area (Å²) in [6.07, 6.45) is 0. The number of aryl methyl sites for hydroxylation is 1. The first-order chi connectivity index (χ1) is 9.70. The van der Waals surface area contributed by atoms with Gasteiger partial charge in [0.15, 0.2) is 0 Å². The van der Waals surface area contributed by atoms with Crippen molar-refractivity contribution in [1.29, 1.82) is 0 Å². The molecule has 0 spiro atoms. The molecular weight excluding hydrogens is 280 g/mol. The predicted molar refractivity (Wildman–Crippen MR) is 88.5 cm³/mol. The number of rotatable bonds is 3. The summed E-state index contributed by atoms with van der Waals surface area (Å²) in [5.41, 5.74) is 3.60. The molecule has 21 heavy (non-hydrogen) atoms. The summed E-state index contributed by atoms with van der Waals surface area (Å²) in [5, 5.41) is 8.54. The molecule has 0 aliphatic heterocycles. The molecule has 0 aliphatic rings. The third-order valence-electron chi connectivity index (χ3n) is 3.37. The number of tetrazole rings is 1. The lowest BCUT2D eigenvalue weighted by Gasteiger charge is -2.17. The molecule has 0 amide bonds. The predicted octanol–water partition coefficient (Wildman–Crippen LogP) is 4.28. The molecule has 0 atom stereocenters. The van der Waals surface area contributed by atoms with Crippen LogP contribution in [0.1, 0.15) is 51.7 Å². The second-order valence-corrected chi connectivity index (χ2v) is 7.42. The first-order valence-corrected chi connectivity index (χ1v) is 7.74. The fraction of sp³-hybridized carbons (Fsp3) is 0.562. The number of hydrogen-bond acceptors (Lipinski definition) is 3. The lowest BCUT2D eigenvalue weighted by molar-refractivity contribution is 0.319. The number of aromatic nitrogens is 4. The maximum atomic E-state index is 5.58. The van der Waals surface area contributed by atoms with Gasteiger partial charge in [0.2, 0.25) is 4.77 Å². The molecule has 4 nitrogen and oxygen atoms in total. The maximum absolute atomic E-state index is 5.58. The van der Waals surface area contributed by atoms with Crippen molar-refractivity contribution >= 4 is 12.2 Å². The Kier molecular flexibility index (Phi) is 4.33. The summed E-state index contributed by atoms with van der Waals surface area (Å²) in [6.45, 7) is 13.7. The highest BCUT2D eigenvalue weighted by atomic mass is 32.1. The van der Waals surface area contributed by atoms with E-state index in [2.05, 4.69) is 70.2 Å². The fourth-order valence-electron chi connectivity index (χ4n) is 2.40. The number of para-hydroxylation sites is 1. The average Bonchev–Trinajstić information content (AvgIpc) is 2.69. The van der Waals surface area contributed by atoms with Crippen molar-refractivity contribution in [2.45, 2.75) is 54.0 Å². The molecule has 0 unspecified atom stereocenters. The van der Waals surface area contributed by atoms with E-state index in [1.54, 1.807) is 4.68 Å². The Labute approximate surface area is 131 Å². The van der Waals surface area contributed by atoms with Gasteiger partial charge in [-0.15, -0.1) is 0 Å². The molecule has 114 valence electrons. The van der Waals surface area contributed by atoms with Gasteiger partial charge in [0.05, 0.1) is 12.2 Å². The van der Waals surface area contributed by atoms with E-state index in [1.165, 1.54) is 11.1 Å². The van der Waals surface area contributed by atoms with Crippen molar-refractivity contribution in [2.24, 2.45) is 5.41 Å². The van der Waals surface area contributed by atoms with Crippen LogP contribution in [0, 0.1) is 17.1 Å². The minimum atomic E-state index is 0.117. The van der Waals surface area contributed by atoms with Crippen LogP contribution in [0.2, 0.25) is 0 Å². The highest BCUT2D eigenvalue weighted by Gasteiger charge is 2.18. The largest absolute Gasteiger partial charge is 0.220 e. The van der Waals surface area contributed by atoms with E-state index in [0.717, 1.165) is 12.2 Å². The van der Waals surface area contributed by atoms with Crippen LogP contribution in [0.25, 0.3) is 5.69 Å². The van der Waals surface area contributed by atoms with Gasteiger partial charge in [-0.3, -0.25) is 0 Å².